The lowest BCUT2D eigenvalue weighted by molar-refractivity contribution is -0.127. The molecule has 0 radical (unpaired) electrons. The molecule has 0 bridgehead atoms. The summed E-state index contributed by atoms with van der Waals surface area (Å²) in [5.41, 5.74) is 2.45. The first-order valence-corrected chi connectivity index (χ1v) is 14.7. The van der Waals surface area contributed by atoms with Crippen molar-refractivity contribution in [2.24, 2.45) is 0 Å². The lowest BCUT2D eigenvalue weighted by Gasteiger charge is -2.37. The Balaban J connectivity index is 1.37. The van der Waals surface area contributed by atoms with Gasteiger partial charge in [0.15, 0.2) is 17.3 Å². The Morgan fingerprint density at radius 3 is 2.75 bits per heavy atom. The molecule has 5 heterocycles. The molecule has 1 spiro atoms. The predicted molar refractivity (Wildman–Crippen MR) is 147 cm³/mol. The first-order valence-electron chi connectivity index (χ1n) is 14.7. The number of hydrogen-bond donors (Lipinski definition) is 0. The molecular formula is C30H36N6O4. The van der Waals surface area contributed by atoms with Gasteiger partial charge in [0.05, 0.1) is 24.1 Å². The van der Waals surface area contributed by atoms with Crippen LogP contribution in [-0.2, 0) is 21.4 Å². The molecule has 0 N–H and O–H groups in total. The zero-order chi connectivity index (χ0) is 27.4. The highest BCUT2D eigenvalue weighted by Gasteiger charge is 2.48. The average molecular weight is 545 g/mol. The first kappa shape index (κ1) is 25.7. The van der Waals surface area contributed by atoms with Crippen molar-refractivity contribution >= 4 is 16.9 Å². The lowest BCUT2D eigenvalue weighted by atomic mass is 9.64. The summed E-state index contributed by atoms with van der Waals surface area (Å²) in [6.07, 6.45) is 14.4. The van der Waals surface area contributed by atoms with Crippen LogP contribution in [0.25, 0.3) is 22.7 Å². The molecule has 210 valence electrons. The molecular weight excluding hydrogens is 508 g/mol. The number of terminal acetylenes is 1. The highest BCUT2D eigenvalue weighted by molar-refractivity contribution is 5.91. The number of ketones is 1. The molecule has 10 nitrogen and oxygen atoms in total. The van der Waals surface area contributed by atoms with Gasteiger partial charge in [-0.3, -0.25) is 9.69 Å². The zero-order valence-corrected chi connectivity index (χ0v) is 23.3. The van der Waals surface area contributed by atoms with E-state index in [1.165, 1.54) is 0 Å². The van der Waals surface area contributed by atoms with E-state index in [0.717, 1.165) is 81.4 Å². The van der Waals surface area contributed by atoms with Crippen molar-refractivity contribution in [3.63, 3.8) is 0 Å². The van der Waals surface area contributed by atoms with E-state index >= 15 is 0 Å². The largest absolute Gasteiger partial charge is 0.458 e. The molecule has 2 aliphatic heterocycles. The number of fused-ring (bicyclic) bond motifs is 3. The molecule has 0 unspecified atom stereocenters. The van der Waals surface area contributed by atoms with E-state index in [9.17, 15) is 4.79 Å². The quantitative estimate of drug-likeness (QED) is 0.441. The summed E-state index contributed by atoms with van der Waals surface area (Å²) in [7, 11) is 2.08. The van der Waals surface area contributed by atoms with Gasteiger partial charge >= 0.3 is 0 Å². The van der Waals surface area contributed by atoms with Crippen molar-refractivity contribution < 1.29 is 18.8 Å². The van der Waals surface area contributed by atoms with Crippen LogP contribution in [0.1, 0.15) is 80.9 Å². The maximum Gasteiger partial charge on any atom is 0.247 e. The number of Topliss-reactive ketones (excluding diaryl/α,β-unsaturated/α-hetero) is 1. The van der Waals surface area contributed by atoms with Gasteiger partial charge in [0.2, 0.25) is 17.5 Å². The number of likely N-dealkylation sites (N-methyl/N-ethyl adjacent to an activating group) is 1. The molecule has 2 saturated heterocycles. The molecule has 10 heteroatoms. The van der Waals surface area contributed by atoms with Crippen LogP contribution >= 0.6 is 0 Å². The first-order chi connectivity index (χ1) is 19.5. The minimum Gasteiger partial charge on any atom is -0.458 e. The number of ether oxygens (including phenoxy) is 2. The Morgan fingerprint density at radius 2 is 2.00 bits per heavy atom. The second-order valence-corrected chi connectivity index (χ2v) is 11.9. The highest BCUT2D eigenvalue weighted by atomic mass is 16.5. The van der Waals surface area contributed by atoms with Crippen molar-refractivity contribution in [2.45, 2.75) is 94.7 Å². The molecule has 4 atom stereocenters. The third kappa shape index (κ3) is 3.97. The number of imidazole rings is 1. The fourth-order valence-corrected chi connectivity index (χ4v) is 7.45. The molecule has 0 aromatic carbocycles. The zero-order valence-electron chi connectivity index (χ0n) is 23.3. The fourth-order valence-electron chi connectivity index (χ4n) is 7.45. The second-order valence-electron chi connectivity index (χ2n) is 11.9. The summed E-state index contributed by atoms with van der Waals surface area (Å²) in [5.74, 6) is 5.23. The Kier molecular flexibility index (Phi) is 6.39. The van der Waals surface area contributed by atoms with Gasteiger partial charge in [-0.25, -0.2) is 9.97 Å². The minimum absolute atomic E-state index is 0.0973. The maximum absolute atomic E-state index is 13.2. The fraction of sp³-hybridized carbons (Fsp3) is 0.633. The summed E-state index contributed by atoms with van der Waals surface area (Å²) in [4.78, 5) is 30.3. The number of aryl methyl sites for hydroxylation is 1. The third-order valence-corrected chi connectivity index (χ3v) is 9.55. The van der Waals surface area contributed by atoms with Crippen LogP contribution in [0.3, 0.4) is 0 Å². The number of aromatic nitrogens is 5. The van der Waals surface area contributed by atoms with Crippen molar-refractivity contribution in [1.82, 2.24) is 29.6 Å². The molecule has 0 amide bonds. The Labute approximate surface area is 233 Å². The van der Waals surface area contributed by atoms with Gasteiger partial charge in [-0.05, 0) is 71.9 Å². The van der Waals surface area contributed by atoms with E-state index in [2.05, 4.69) is 27.6 Å². The Hall–Kier alpha value is -3.29. The smallest absolute Gasteiger partial charge is 0.247 e. The van der Waals surface area contributed by atoms with Crippen LogP contribution < -0.4 is 4.74 Å². The van der Waals surface area contributed by atoms with Gasteiger partial charge in [0.1, 0.15) is 17.3 Å². The van der Waals surface area contributed by atoms with Crippen LogP contribution in [0.4, 0.5) is 0 Å². The monoisotopic (exact) mass is 544 g/mol. The van der Waals surface area contributed by atoms with Gasteiger partial charge in [0.25, 0.3) is 0 Å². The number of nitrogens with zero attached hydrogens (tertiary/aromatic N) is 6. The molecule has 3 aromatic heterocycles. The van der Waals surface area contributed by atoms with Crippen molar-refractivity contribution in [3.05, 3.63) is 17.1 Å². The van der Waals surface area contributed by atoms with E-state index in [0.29, 0.717) is 48.3 Å². The van der Waals surface area contributed by atoms with Crippen molar-refractivity contribution in [3.8, 4) is 29.8 Å². The predicted octanol–water partition coefficient (Wildman–Crippen LogP) is 3.94. The van der Waals surface area contributed by atoms with E-state index in [-0.39, 0.29) is 17.9 Å². The van der Waals surface area contributed by atoms with Crippen LogP contribution in [0, 0.1) is 19.3 Å². The van der Waals surface area contributed by atoms with Gasteiger partial charge < -0.3 is 18.6 Å². The minimum atomic E-state index is -0.543. The van der Waals surface area contributed by atoms with E-state index < -0.39 is 11.5 Å². The summed E-state index contributed by atoms with van der Waals surface area (Å²) >= 11 is 0. The SMILES string of the molecule is C#C[C@H](Oc1nc(-c2onc3c2CCC[C@@]32CCCCC2=O)nc2c1nc(C)n2[C@@H]1CCOC1)[C@@H]1CCCN1C. The Bertz CT molecular complexity index is 1500. The molecule has 7 rings (SSSR count). The van der Waals surface area contributed by atoms with Gasteiger partial charge in [-0.2, -0.15) is 4.98 Å². The van der Waals surface area contributed by atoms with Crippen molar-refractivity contribution in [2.75, 3.05) is 26.8 Å². The molecule has 3 fully saturated rings. The van der Waals surface area contributed by atoms with E-state index in [1.807, 2.05) is 6.92 Å². The summed E-state index contributed by atoms with van der Waals surface area (Å²) in [6.45, 7) is 4.26. The normalized spacial score (nSPS) is 27.8. The topological polar surface area (TPSA) is 108 Å². The van der Waals surface area contributed by atoms with Gasteiger partial charge in [-0.15, -0.1) is 6.42 Å². The van der Waals surface area contributed by atoms with Gasteiger partial charge in [0, 0.05) is 18.6 Å². The number of likely N-dealkylation sites (tertiary alicyclic amines) is 1. The summed E-state index contributed by atoms with van der Waals surface area (Å²) in [6, 6.07) is 0.219. The summed E-state index contributed by atoms with van der Waals surface area (Å²) < 4.78 is 20.4. The van der Waals surface area contributed by atoms with Gasteiger partial charge in [-0.1, -0.05) is 17.5 Å². The average Bonchev–Trinajstić information content (AvgIpc) is 3.76. The van der Waals surface area contributed by atoms with Crippen LogP contribution in [-0.4, -0.2) is 74.3 Å². The molecule has 2 aliphatic carbocycles. The number of carbonyl (C=O) groups is 1. The van der Waals surface area contributed by atoms with Crippen LogP contribution in [0.5, 0.6) is 5.88 Å². The molecule has 4 aliphatic rings. The standard InChI is InChI=1S/C30H36N6O4/c1-4-22(21-10-8-15-35(21)3)39-29-24-28(36(18(2)31-24)19-12-16-38-17-19)32-27(33-29)25-20-9-7-14-30(26(20)34-40-25)13-6-5-11-23(30)37/h1,19,21-22H,5-17H2,2-3H3/t19-,21+,22+,30-/m1/s1. The molecule has 1 saturated carbocycles. The molecule has 3 aromatic rings. The number of rotatable bonds is 5. The van der Waals surface area contributed by atoms with E-state index in [1.54, 1.807) is 0 Å². The number of hydrogen-bond acceptors (Lipinski definition) is 9. The maximum atomic E-state index is 13.2. The Morgan fingerprint density at radius 1 is 1.12 bits per heavy atom. The number of carbonyl (C=O) groups excluding carboxylic acids is 1. The molecule has 40 heavy (non-hydrogen) atoms. The van der Waals surface area contributed by atoms with Crippen molar-refractivity contribution in [1.29, 1.82) is 0 Å². The second kappa shape index (κ2) is 9.96. The lowest BCUT2D eigenvalue weighted by Crippen LogP contribution is -2.41. The summed E-state index contributed by atoms with van der Waals surface area (Å²) in [5, 5.41) is 4.53. The van der Waals surface area contributed by atoms with E-state index in [4.69, 9.17) is 35.4 Å². The van der Waals surface area contributed by atoms with Crippen LogP contribution in [0.15, 0.2) is 4.52 Å². The highest BCUT2D eigenvalue weighted by Crippen LogP contribution is 2.47. The van der Waals surface area contributed by atoms with Crippen LogP contribution in [0.2, 0.25) is 0 Å². The third-order valence-electron chi connectivity index (χ3n) is 9.55.